The molecule has 2 aromatic carbocycles. The fourth-order valence-corrected chi connectivity index (χ4v) is 3.68. The van der Waals surface area contributed by atoms with E-state index in [4.69, 9.17) is 20.8 Å². The summed E-state index contributed by atoms with van der Waals surface area (Å²) >= 11 is 6.38. The maximum Gasteiger partial charge on any atom is 0.336 e. The summed E-state index contributed by atoms with van der Waals surface area (Å²) in [5.74, 6) is -0.0909. The summed E-state index contributed by atoms with van der Waals surface area (Å²) in [5, 5.41) is 4.54. The van der Waals surface area contributed by atoms with Crippen molar-refractivity contribution >= 4 is 34.2 Å². The highest BCUT2D eigenvalue weighted by Gasteiger charge is 2.20. The lowest BCUT2D eigenvalue weighted by Crippen LogP contribution is -2.40. The molecule has 0 bridgehead atoms. The minimum Gasteiger partial charge on any atom is -0.423 e. The van der Waals surface area contributed by atoms with E-state index in [9.17, 15) is 9.59 Å². The van der Waals surface area contributed by atoms with E-state index in [0.29, 0.717) is 49.0 Å². The molecule has 1 fully saturated rings. The molecule has 0 spiro atoms. The smallest absolute Gasteiger partial charge is 0.336 e. The highest BCUT2D eigenvalue weighted by molar-refractivity contribution is 6.34. The number of ether oxygens (including phenoxy) is 1. The predicted octanol–water partition coefficient (Wildman–Crippen LogP) is 3.84. The highest BCUT2D eigenvalue weighted by Crippen LogP contribution is 2.24. The van der Waals surface area contributed by atoms with Crippen LogP contribution in [0.25, 0.3) is 11.0 Å². The molecule has 0 saturated carbocycles. The first kappa shape index (κ1) is 19.5. The van der Waals surface area contributed by atoms with Crippen LogP contribution in [0.2, 0.25) is 5.02 Å². The highest BCUT2D eigenvalue weighted by atomic mass is 35.5. The molecule has 3 aromatic rings. The maximum atomic E-state index is 12.6. The molecule has 4 rings (SSSR count). The average Bonchev–Trinajstić information content (AvgIpc) is 2.72. The van der Waals surface area contributed by atoms with Gasteiger partial charge in [-0.15, -0.1) is 0 Å². The van der Waals surface area contributed by atoms with Gasteiger partial charge >= 0.3 is 5.63 Å². The number of benzene rings is 2. The fourth-order valence-electron chi connectivity index (χ4n) is 3.42. The van der Waals surface area contributed by atoms with Crippen LogP contribution in [0.5, 0.6) is 0 Å². The number of nitrogens with one attached hydrogen (secondary N) is 1. The van der Waals surface area contributed by atoms with E-state index in [-0.39, 0.29) is 11.5 Å². The second-order valence-corrected chi connectivity index (χ2v) is 7.45. The summed E-state index contributed by atoms with van der Waals surface area (Å²) in [6.45, 7) is 4.60. The van der Waals surface area contributed by atoms with Crippen molar-refractivity contribution in [3.8, 4) is 0 Å². The van der Waals surface area contributed by atoms with Crippen LogP contribution in [0, 0.1) is 6.92 Å². The lowest BCUT2D eigenvalue weighted by Gasteiger charge is -2.27. The normalized spacial score (nSPS) is 14.2. The first-order valence-electron chi connectivity index (χ1n) is 9.45. The summed E-state index contributed by atoms with van der Waals surface area (Å²) in [6.07, 6.45) is 0. The van der Waals surface area contributed by atoms with Gasteiger partial charge in [-0.1, -0.05) is 23.7 Å². The number of rotatable bonds is 4. The molecule has 29 heavy (non-hydrogen) atoms. The number of amides is 1. The predicted molar refractivity (Wildman–Crippen MR) is 113 cm³/mol. The third-order valence-corrected chi connectivity index (χ3v) is 5.28. The molecule has 150 valence electrons. The fraction of sp³-hybridized carbons (Fsp3) is 0.273. The number of nitrogens with zero attached hydrogens (tertiary/aromatic N) is 1. The number of aryl methyl sites for hydroxylation is 1. The van der Waals surface area contributed by atoms with Crippen LogP contribution >= 0.6 is 11.6 Å². The number of morpholine rings is 1. The SMILES string of the molecule is Cc1ccc2c(CNc3ccc(C(=O)N4CCOCC4)c(Cl)c3)cc(=O)oc2c1. The lowest BCUT2D eigenvalue weighted by molar-refractivity contribution is 0.0303. The van der Waals surface area contributed by atoms with Gasteiger partial charge in [-0.25, -0.2) is 4.79 Å². The van der Waals surface area contributed by atoms with E-state index in [0.717, 1.165) is 22.2 Å². The Morgan fingerprint density at radius 1 is 1.14 bits per heavy atom. The Bertz CT molecular complexity index is 1120. The Morgan fingerprint density at radius 3 is 2.69 bits per heavy atom. The molecular weight excluding hydrogens is 392 g/mol. The number of anilines is 1. The van der Waals surface area contributed by atoms with Crippen molar-refractivity contribution in [2.45, 2.75) is 13.5 Å². The Morgan fingerprint density at radius 2 is 1.93 bits per heavy atom. The number of carbonyl (C=O) groups excluding carboxylic acids is 1. The third kappa shape index (κ3) is 4.28. The molecule has 1 aromatic heterocycles. The minimum absolute atomic E-state index is 0.0909. The van der Waals surface area contributed by atoms with Crippen LogP contribution in [0.1, 0.15) is 21.5 Å². The van der Waals surface area contributed by atoms with Crippen LogP contribution in [0.3, 0.4) is 0 Å². The molecule has 7 heteroatoms. The number of carbonyl (C=O) groups is 1. The van der Waals surface area contributed by atoms with Gasteiger partial charge in [0.15, 0.2) is 0 Å². The van der Waals surface area contributed by atoms with Crippen LogP contribution in [0.15, 0.2) is 51.7 Å². The van der Waals surface area contributed by atoms with Gasteiger partial charge in [-0.2, -0.15) is 0 Å². The first-order chi connectivity index (χ1) is 14.0. The van der Waals surface area contributed by atoms with Crippen LogP contribution in [-0.2, 0) is 11.3 Å². The molecule has 0 atom stereocenters. The molecule has 1 N–H and O–H groups in total. The summed E-state index contributed by atoms with van der Waals surface area (Å²) in [6, 6.07) is 12.5. The summed E-state index contributed by atoms with van der Waals surface area (Å²) in [5.41, 5.74) is 3.28. The molecule has 1 saturated heterocycles. The quantitative estimate of drug-likeness (QED) is 0.659. The van der Waals surface area contributed by atoms with Crippen LogP contribution < -0.4 is 10.9 Å². The van der Waals surface area contributed by atoms with Crippen molar-refractivity contribution in [3.05, 3.63) is 74.6 Å². The molecule has 2 heterocycles. The molecule has 1 amide bonds. The standard InChI is InChI=1S/C22H21ClN2O4/c1-14-2-4-17-15(11-21(26)29-20(17)10-14)13-24-16-3-5-18(19(23)12-16)22(27)25-6-8-28-9-7-25/h2-5,10-12,24H,6-9,13H2,1H3. The first-order valence-corrected chi connectivity index (χ1v) is 9.83. The second-order valence-electron chi connectivity index (χ2n) is 7.04. The van der Waals surface area contributed by atoms with Crippen LogP contribution in [0.4, 0.5) is 5.69 Å². The maximum absolute atomic E-state index is 12.6. The van der Waals surface area contributed by atoms with Gasteiger partial charge in [0, 0.05) is 36.8 Å². The molecular formula is C22H21ClN2O4. The number of halogens is 1. The van der Waals surface area contributed by atoms with Crippen molar-refractivity contribution < 1.29 is 13.9 Å². The van der Waals surface area contributed by atoms with Gasteiger partial charge < -0.3 is 19.4 Å². The van der Waals surface area contributed by atoms with Crippen LogP contribution in [-0.4, -0.2) is 37.1 Å². The largest absolute Gasteiger partial charge is 0.423 e. The number of hydrogen-bond donors (Lipinski definition) is 1. The Labute approximate surface area is 173 Å². The zero-order valence-corrected chi connectivity index (χ0v) is 16.8. The Kier molecular flexibility index (Phi) is 5.56. The zero-order valence-electron chi connectivity index (χ0n) is 16.0. The van der Waals surface area contributed by atoms with E-state index in [1.54, 1.807) is 17.0 Å². The van der Waals surface area contributed by atoms with E-state index < -0.39 is 0 Å². The zero-order chi connectivity index (χ0) is 20.4. The molecule has 0 radical (unpaired) electrons. The Balaban J connectivity index is 1.52. The summed E-state index contributed by atoms with van der Waals surface area (Å²) < 4.78 is 10.6. The van der Waals surface area contributed by atoms with Gasteiger partial charge in [-0.05, 0) is 42.3 Å². The third-order valence-electron chi connectivity index (χ3n) is 4.97. The molecule has 0 aliphatic carbocycles. The second kappa shape index (κ2) is 8.27. The van der Waals surface area contributed by atoms with Gasteiger partial charge in [0.2, 0.25) is 0 Å². The van der Waals surface area contributed by atoms with Crippen molar-refractivity contribution in [3.63, 3.8) is 0 Å². The van der Waals surface area contributed by atoms with Gasteiger partial charge in [0.1, 0.15) is 5.58 Å². The number of hydrogen-bond acceptors (Lipinski definition) is 5. The monoisotopic (exact) mass is 412 g/mol. The van der Waals surface area contributed by atoms with Gasteiger partial charge in [0.25, 0.3) is 5.91 Å². The van der Waals surface area contributed by atoms with Crippen molar-refractivity contribution in [1.82, 2.24) is 4.90 Å². The van der Waals surface area contributed by atoms with E-state index in [2.05, 4.69) is 5.32 Å². The average molecular weight is 413 g/mol. The summed E-state index contributed by atoms with van der Waals surface area (Å²) in [4.78, 5) is 26.3. The van der Waals surface area contributed by atoms with Gasteiger partial charge in [-0.3, -0.25) is 4.79 Å². The molecule has 1 aliphatic rings. The number of fused-ring (bicyclic) bond motifs is 1. The lowest BCUT2D eigenvalue weighted by atomic mass is 10.1. The molecule has 1 aliphatic heterocycles. The van der Waals surface area contributed by atoms with E-state index in [1.165, 1.54) is 6.07 Å². The minimum atomic E-state index is -0.385. The van der Waals surface area contributed by atoms with Gasteiger partial charge in [0.05, 0.1) is 23.8 Å². The van der Waals surface area contributed by atoms with Crippen molar-refractivity contribution in [2.24, 2.45) is 0 Å². The topological polar surface area (TPSA) is 71.8 Å². The van der Waals surface area contributed by atoms with Crippen molar-refractivity contribution in [2.75, 3.05) is 31.6 Å². The molecule has 0 unspecified atom stereocenters. The van der Waals surface area contributed by atoms with Crippen molar-refractivity contribution in [1.29, 1.82) is 0 Å². The van der Waals surface area contributed by atoms with E-state index in [1.807, 2.05) is 31.2 Å². The Hall–Kier alpha value is -2.83. The summed E-state index contributed by atoms with van der Waals surface area (Å²) in [7, 11) is 0. The van der Waals surface area contributed by atoms with E-state index >= 15 is 0 Å². The molecule has 6 nitrogen and oxygen atoms in total.